The van der Waals surface area contributed by atoms with Crippen LogP contribution in [0.5, 0.6) is 0 Å². The van der Waals surface area contributed by atoms with Gasteiger partial charge in [0.15, 0.2) is 0 Å². The van der Waals surface area contributed by atoms with Crippen LogP contribution in [0, 0.1) is 12.8 Å². The van der Waals surface area contributed by atoms with Gasteiger partial charge in [0.25, 0.3) is 0 Å². The summed E-state index contributed by atoms with van der Waals surface area (Å²) in [4.78, 5) is 0.267. The lowest BCUT2D eigenvalue weighted by atomic mass is 10.0. The molecule has 1 saturated heterocycles. The minimum atomic E-state index is -3.41. The van der Waals surface area contributed by atoms with Gasteiger partial charge < -0.3 is 5.73 Å². The Labute approximate surface area is 101 Å². The van der Waals surface area contributed by atoms with E-state index in [0.29, 0.717) is 18.8 Å². The van der Waals surface area contributed by atoms with Crippen LogP contribution in [0.4, 0.5) is 0 Å². The number of rotatable bonds is 3. The van der Waals surface area contributed by atoms with E-state index in [1.165, 1.54) is 10.5 Å². The monoisotopic (exact) mass is 258 g/mol. The lowest BCUT2D eigenvalue weighted by Crippen LogP contribution is -2.33. The number of aryl methyl sites for hydroxylation is 1. The SMILES string of the molecule is Cc1[nH]ncc1S(=O)(=O)N1CCC(C(C)N)C1. The van der Waals surface area contributed by atoms with E-state index >= 15 is 0 Å². The molecule has 0 radical (unpaired) electrons. The highest BCUT2D eigenvalue weighted by Gasteiger charge is 2.35. The van der Waals surface area contributed by atoms with E-state index in [-0.39, 0.29) is 16.9 Å². The van der Waals surface area contributed by atoms with Crippen LogP contribution < -0.4 is 5.73 Å². The van der Waals surface area contributed by atoms with Crippen molar-refractivity contribution in [1.29, 1.82) is 0 Å². The zero-order valence-electron chi connectivity index (χ0n) is 10.0. The first-order chi connectivity index (χ1) is 7.93. The second-order valence-corrected chi connectivity index (χ2v) is 6.54. The number of nitrogens with one attached hydrogen (secondary N) is 1. The largest absolute Gasteiger partial charge is 0.328 e. The Morgan fingerprint density at radius 2 is 2.35 bits per heavy atom. The van der Waals surface area contributed by atoms with Crippen LogP contribution in [0.3, 0.4) is 0 Å². The number of hydrogen-bond donors (Lipinski definition) is 2. The Hall–Kier alpha value is -0.920. The van der Waals surface area contributed by atoms with Gasteiger partial charge in [0.05, 0.1) is 11.9 Å². The fourth-order valence-electron chi connectivity index (χ4n) is 2.14. The standard InChI is InChI=1S/C10H18N4O2S/c1-7(11)9-3-4-14(6-9)17(15,16)10-5-12-13-8(10)2/h5,7,9H,3-4,6,11H2,1-2H3,(H,12,13). The van der Waals surface area contributed by atoms with Crippen LogP contribution in [0.15, 0.2) is 11.1 Å². The highest BCUT2D eigenvalue weighted by Crippen LogP contribution is 2.26. The van der Waals surface area contributed by atoms with Crippen LogP contribution in [-0.2, 0) is 10.0 Å². The molecule has 96 valence electrons. The molecule has 1 aromatic heterocycles. The van der Waals surface area contributed by atoms with Gasteiger partial charge in [-0.1, -0.05) is 0 Å². The average molecular weight is 258 g/mol. The molecule has 0 saturated carbocycles. The molecule has 2 rings (SSSR count). The van der Waals surface area contributed by atoms with Crippen LogP contribution in [0.25, 0.3) is 0 Å². The second-order valence-electron chi connectivity index (χ2n) is 4.63. The van der Waals surface area contributed by atoms with E-state index < -0.39 is 10.0 Å². The number of nitrogens with zero attached hydrogens (tertiary/aromatic N) is 2. The Morgan fingerprint density at radius 1 is 1.65 bits per heavy atom. The van der Waals surface area contributed by atoms with Crippen LogP contribution >= 0.6 is 0 Å². The van der Waals surface area contributed by atoms with Gasteiger partial charge in [-0.2, -0.15) is 9.40 Å². The lowest BCUT2D eigenvalue weighted by molar-refractivity contribution is 0.429. The number of sulfonamides is 1. The smallest absolute Gasteiger partial charge is 0.246 e. The van der Waals surface area contributed by atoms with Gasteiger partial charge in [0.1, 0.15) is 4.90 Å². The van der Waals surface area contributed by atoms with E-state index in [1.807, 2.05) is 6.92 Å². The number of nitrogens with two attached hydrogens (primary N) is 1. The molecule has 0 amide bonds. The van der Waals surface area contributed by atoms with Gasteiger partial charge in [-0.25, -0.2) is 8.42 Å². The molecule has 17 heavy (non-hydrogen) atoms. The minimum Gasteiger partial charge on any atom is -0.328 e. The van der Waals surface area contributed by atoms with Crippen molar-refractivity contribution in [3.05, 3.63) is 11.9 Å². The lowest BCUT2D eigenvalue weighted by Gasteiger charge is -2.17. The van der Waals surface area contributed by atoms with Gasteiger partial charge >= 0.3 is 0 Å². The molecule has 1 aliphatic heterocycles. The van der Waals surface area contributed by atoms with Crippen LogP contribution in [-0.4, -0.2) is 42.1 Å². The van der Waals surface area contributed by atoms with Gasteiger partial charge in [0, 0.05) is 19.1 Å². The zero-order chi connectivity index (χ0) is 12.6. The number of H-pyrrole nitrogens is 1. The first-order valence-electron chi connectivity index (χ1n) is 5.68. The number of aromatic amines is 1. The van der Waals surface area contributed by atoms with E-state index in [1.54, 1.807) is 6.92 Å². The quantitative estimate of drug-likeness (QED) is 0.803. The summed E-state index contributed by atoms with van der Waals surface area (Å²) in [6.45, 7) is 4.67. The predicted octanol–water partition coefficient (Wildman–Crippen LogP) is 0.0759. The first kappa shape index (κ1) is 12.5. The topological polar surface area (TPSA) is 92.1 Å². The Kier molecular flexibility index (Phi) is 3.24. The summed E-state index contributed by atoms with van der Waals surface area (Å²) in [6, 6.07) is 0.0284. The molecule has 0 bridgehead atoms. The van der Waals surface area contributed by atoms with Crippen molar-refractivity contribution in [2.75, 3.05) is 13.1 Å². The summed E-state index contributed by atoms with van der Waals surface area (Å²) in [5.41, 5.74) is 6.39. The Morgan fingerprint density at radius 3 is 2.82 bits per heavy atom. The molecular formula is C10H18N4O2S. The fourth-order valence-corrected chi connectivity index (χ4v) is 3.77. The summed E-state index contributed by atoms with van der Waals surface area (Å²) in [6.07, 6.45) is 2.19. The minimum absolute atomic E-state index is 0.0284. The molecule has 6 nitrogen and oxygen atoms in total. The second kappa shape index (κ2) is 4.40. The van der Waals surface area contributed by atoms with Gasteiger partial charge in [-0.05, 0) is 26.2 Å². The van der Waals surface area contributed by atoms with Crippen molar-refractivity contribution >= 4 is 10.0 Å². The first-order valence-corrected chi connectivity index (χ1v) is 7.12. The highest BCUT2D eigenvalue weighted by molar-refractivity contribution is 7.89. The molecule has 1 aliphatic rings. The zero-order valence-corrected chi connectivity index (χ0v) is 10.9. The number of aromatic nitrogens is 2. The van der Waals surface area contributed by atoms with Crippen LogP contribution in [0.1, 0.15) is 19.0 Å². The molecular weight excluding hydrogens is 240 g/mol. The van der Waals surface area contributed by atoms with Crippen LogP contribution in [0.2, 0.25) is 0 Å². The molecule has 2 unspecified atom stereocenters. The highest BCUT2D eigenvalue weighted by atomic mass is 32.2. The van der Waals surface area contributed by atoms with Gasteiger partial charge in [0.2, 0.25) is 10.0 Å². The Balaban J connectivity index is 2.22. The van der Waals surface area contributed by atoms with E-state index in [2.05, 4.69) is 10.2 Å². The van der Waals surface area contributed by atoms with Crippen molar-refractivity contribution in [3.63, 3.8) is 0 Å². The van der Waals surface area contributed by atoms with E-state index in [9.17, 15) is 8.42 Å². The van der Waals surface area contributed by atoms with E-state index in [0.717, 1.165) is 6.42 Å². The molecule has 2 heterocycles. The van der Waals surface area contributed by atoms with Crippen molar-refractivity contribution in [3.8, 4) is 0 Å². The van der Waals surface area contributed by atoms with E-state index in [4.69, 9.17) is 5.73 Å². The van der Waals surface area contributed by atoms with Gasteiger partial charge in [-0.15, -0.1) is 0 Å². The van der Waals surface area contributed by atoms with Crippen molar-refractivity contribution in [1.82, 2.24) is 14.5 Å². The molecule has 1 aromatic rings. The Bertz CT molecular complexity index is 494. The average Bonchev–Trinajstić information content (AvgIpc) is 2.84. The molecule has 0 aromatic carbocycles. The summed E-state index contributed by atoms with van der Waals surface area (Å²) in [5, 5.41) is 6.41. The normalized spacial score (nSPS) is 24.1. The molecule has 0 spiro atoms. The van der Waals surface area contributed by atoms with Crippen molar-refractivity contribution in [2.24, 2.45) is 11.7 Å². The molecule has 7 heteroatoms. The summed E-state index contributed by atoms with van der Waals surface area (Å²) < 4.78 is 26.1. The summed E-state index contributed by atoms with van der Waals surface area (Å²) in [7, 11) is -3.41. The third-order valence-corrected chi connectivity index (χ3v) is 5.31. The third kappa shape index (κ3) is 2.22. The summed E-state index contributed by atoms with van der Waals surface area (Å²) >= 11 is 0. The predicted molar refractivity (Wildman–Crippen MR) is 63.8 cm³/mol. The maximum absolute atomic E-state index is 12.3. The van der Waals surface area contributed by atoms with Gasteiger partial charge in [-0.3, -0.25) is 5.10 Å². The third-order valence-electron chi connectivity index (χ3n) is 3.33. The molecule has 3 N–H and O–H groups in total. The number of hydrogen-bond acceptors (Lipinski definition) is 4. The maximum Gasteiger partial charge on any atom is 0.246 e. The van der Waals surface area contributed by atoms with Crippen molar-refractivity contribution < 1.29 is 8.42 Å². The molecule has 1 fully saturated rings. The summed E-state index contributed by atoms with van der Waals surface area (Å²) in [5.74, 6) is 0.247. The molecule has 0 aliphatic carbocycles. The maximum atomic E-state index is 12.3. The molecule has 2 atom stereocenters. The fraction of sp³-hybridized carbons (Fsp3) is 0.700. The van der Waals surface area contributed by atoms with Crippen molar-refractivity contribution in [2.45, 2.75) is 31.2 Å².